The molecule has 0 aliphatic carbocycles. The molecule has 0 aromatic rings. The minimum Gasteiger partial charge on any atom is -0.226 e. The summed E-state index contributed by atoms with van der Waals surface area (Å²) in [5.74, 6) is 1.04. The minimum absolute atomic E-state index is 0.398. The summed E-state index contributed by atoms with van der Waals surface area (Å²) in [4.78, 5) is 0. The zero-order valence-corrected chi connectivity index (χ0v) is 13.4. The molecule has 0 amide bonds. The van der Waals surface area contributed by atoms with Gasteiger partial charge in [0.05, 0.1) is 0 Å². The molecule has 0 aromatic heterocycles. The highest BCUT2D eigenvalue weighted by Crippen LogP contribution is 2.25. The van der Waals surface area contributed by atoms with Crippen molar-refractivity contribution in [2.45, 2.75) is 47.9 Å². The fourth-order valence-electron chi connectivity index (χ4n) is 1.29. The Bertz CT molecular complexity index is 260. The molecule has 0 aliphatic heterocycles. The van der Waals surface area contributed by atoms with Crippen molar-refractivity contribution in [3.63, 3.8) is 0 Å². The van der Waals surface area contributed by atoms with Crippen molar-refractivity contribution < 1.29 is 8.42 Å². The summed E-state index contributed by atoms with van der Waals surface area (Å²) in [6.07, 6.45) is 3.72. The smallest absolute Gasteiger partial charge is 0.183 e. The average Bonchev–Trinajstić information content (AvgIpc) is 2.29. The molecule has 0 bridgehead atoms. The fourth-order valence-corrected chi connectivity index (χ4v) is 4.19. The van der Waals surface area contributed by atoms with Gasteiger partial charge in [-0.25, -0.2) is 8.42 Å². The second-order valence-electron chi connectivity index (χ2n) is 3.78. The lowest BCUT2D eigenvalue weighted by Crippen LogP contribution is -2.25. The third-order valence-corrected chi connectivity index (χ3v) is 6.70. The number of sulfone groups is 1. The van der Waals surface area contributed by atoms with Crippen LogP contribution in [0, 0.1) is 0 Å². The maximum absolute atomic E-state index is 11.9. The molecule has 7 heteroatoms. The molecule has 0 fully saturated rings. The van der Waals surface area contributed by atoms with Crippen LogP contribution in [0.2, 0.25) is 0 Å². The molecule has 104 valence electrons. The summed E-state index contributed by atoms with van der Waals surface area (Å²) in [5.41, 5.74) is 0. The molecule has 0 saturated heterocycles. The lowest BCUT2D eigenvalue weighted by Gasteiger charge is -2.15. The van der Waals surface area contributed by atoms with Crippen LogP contribution in [0.3, 0.4) is 0 Å². The van der Waals surface area contributed by atoms with E-state index in [1.54, 1.807) is 0 Å². The molecule has 0 heterocycles. The van der Waals surface area contributed by atoms with Gasteiger partial charge in [-0.05, 0) is 38.5 Å². The summed E-state index contributed by atoms with van der Waals surface area (Å²) >= 11 is 22.8. The summed E-state index contributed by atoms with van der Waals surface area (Å²) in [5, 5.41) is 0. The molecule has 0 aliphatic rings. The van der Waals surface area contributed by atoms with Gasteiger partial charge in [0.15, 0.2) is 9.84 Å². The Morgan fingerprint density at radius 1 is 0.765 bits per heavy atom. The zero-order valence-electron chi connectivity index (χ0n) is 9.55. The third-order valence-electron chi connectivity index (χ3n) is 2.34. The first-order valence-corrected chi connectivity index (χ1v) is 9.14. The molecule has 0 radical (unpaired) electrons. The lowest BCUT2D eigenvalue weighted by molar-refractivity contribution is 0.576. The highest BCUT2D eigenvalue weighted by atomic mass is 35.5. The Labute approximate surface area is 124 Å². The second kappa shape index (κ2) is 9.96. The van der Waals surface area contributed by atoms with Gasteiger partial charge in [-0.2, -0.15) is 0 Å². The van der Waals surface area contributed by atoms with Gasteiger partial charge in [-0.3, -0.25) is 0 Å². The van der Waals surface area contributed by atoms with Gasteiger partial charge in [0, 0.05) is 11.8 Å². The zero-order chi connectivity index (χ0) is 13.3. The van der Waals surface area contributed by atoms with E-state index in [-0.39, 0.29) is 0 Å². The summed E-state index contributed by atoms with van der Waals surface area (Å²) in [6.45, 7) is 0. The monoisotopic (exact) mass is 342 g/mol. The molecule has 0 spiro atoms. The summed E-state index contributed by atoms with van der Waals surface area (Å²) < 4.78 is 22.0. The van der Waals surface area contributed by atoms with Gasteiger partial charge >= 0.3 is 0 Å². The highest BCUT2D eigenvalue weighted by molar-refractivity contribution is 7.95. The number of halogens is 4. The van der Waals surface area contributed by atoms with Gasteiger partial charge in [0.2, 0.25) is 0 Å². The van der Waals surface area contributed by atoms with Crippen molar-refractivity contribution in [3.05, 3.63) is 0 Å². The van der Waals surface area contributed by atoms with Crippen LogP contribution in [0.1, 0.15) is 38.5 Å². The molecular weight excluding hydrogens is 326 g/mol. The fraction of sp³-hybridized carbons (Fsp3) is 1.00. The number of hydrogen-bond donors (Lipinski definition) is 0. The average molecular weight is 344 g/mol. The topological polar surface area (TPSA) is 34.1 Å². The molecule has 0 rings (SSSR count). The number of rotatable bonds is 10. The van der Waals surface area contributed by atoms with Gasteiger partial charge in [0.1, 0.15) is 9.42 Å². The van der Waals surface area contributed by atoms with Crippen molar-refractivity contribution >= 4 is 56.2 Å². The van der Waals surface area contributed by atoms with Crippen molar-refractivity contribution in [3.8, 4) is 0 Å². The van der Waals surface area contributed by atoms with E-state index in [9.17, 15) is 8.42 Å². The predicted octanol–water partition coefficient (Wildman–Crippen LogP) is 4.35. The number of unbranched alkanes of at least 4 members (excludes halogenated alkanes) is 2. The Balaban J connectivity index is 4.14. The van der Waals surface area contributed by atoms with E-state index in [4.69, 9.17) is 46.4 Å². The quantitative estimate of drug-likeness (QED) is 0.436. The highest BCUT2D eigenvalue weighted by Gasteiger charge is 2.30. The predicted molar refractivity (Wildman–Crippen MR) is 77.3 cm³/mol. The Morgan fingerprint density at radius 3 is 1.41 bits per heavy atom. The first-order chi connectivity index (χ1) is 7.96. The SMILES string of the molecule is O=S(=O)(C(Cl)CCCCCl)C(Cl)CCCCCl. The van der Waals surface area contributed by atoms with Crippen LogP contribution in [-0.2, 0) is 9.84 Å². The van der Waals surface area contributed by atoms with Crippen LogP contribution in [0.15, 0.2) is 0 Å². The van der Waals surface area contributed by atoms with Crippen LogP contribution in [0.5, 0.6) is 0 Å². The minimum atomic E-state index is -3.46. The standard InChI is InChI=1S/C10H18Cl4O2S/c11-7-3-1-5-9(13)17(15,16)10(14)6-2-4-8-12/h9-10H,1-8H2. The molecule has 0 saturated carbocycles. The van der Waals surface area contributed by atoms with Crippen molar-refractivity contribution in [2.75, 3.05) is 11.8 Å². The van der Waals surface area contributed by atoms with E-state index in [1.165, 1.54) is 0 Å². The Kier molecular flexibility index (Phi) is 10.6. The number of alkyl halides is 4. The maximum Gasteiger partial charge on any atom is 0.183 e. The largest absolute Gasteiger partial charge is 0.226 e. The number of hydrogen-bond acceptors (Lipinski definition) is 2. The van der Waals surface area contributed by atoms with Crippen molar-refractivity contribution in [2.24, 2.45) is 0 Å². The molecule has 0 aromatic carbocycles. The van der Waals surface area contributed by atoms with Gasteiger partial charge in [0.25, 0.3) is 0 Å². The van der Waals surface area contributed by atoms with Crippen LogP contribution >= 0.6 is 46.4 Å². The molecule has 2 unspecified atom stereocenters. The van der Waals surface area contributed by atoms with E-state index >= 15 is 0 Å². The van der Waals surface area contributed by atoms with Crippen LogP contribution in [0.4, 0.5) is 0 Å². The van der Waals surface area contributed by atoms with E-state index < -0.39 is 19.3 Å². The van der Waals surface area contributed by atoms with Crippen LogP contribution in [-0.4, -0.2) is 29.6 Å². The maximum atomic E-state index is 11.9. The Hall–Kier alpha value is 1.11. The van der Waals surface area contributed by atoms with E-state index in [0.29, 0.717) is 37.4 Å². The van der Waals surface area contributed by atoms with Crippen LogP contribution < -0.4 is 0 Å². The first kappa shape index (κ1) is 18.1. The van der Waals surface area contributed by atoms with Gasteiger partial charge in [-0.15, -0.1) is 46.4 Å². The normalized spacial score (nSPS) is 15.8. The summed E-state index contributed by atoms with van der Waals surface area (Å²) in [7, 11) is -3.46. The molecule has 2 nitrogen and oxygen atoms in total. The molecular formula is C10H18Cl4O2S. The van der Waals surface area contributed by atoms with Crippen molar-refractivity contribution in [1.82, 2.24) is 0 Å². The summed E-state index contributed by atoms with van der Waals surface area (Å²) in [6, 6.07) is 0. The first-order valence-electron chi connectivity index (χ1n) is 5.59. The Morgan fingerprint density at radius 2 is 1.12 bits per heavy atom. The van der Waals surface area contributed by atoms with Crippen molar-refractivity contribution in [1.29, 1.82) is 0 Å². The second-order valence-corrected chi connectivity index (χ2v) is 8.42. The van der Waals surface area contributed by atoms with Crippen LogP contribution in [0.25, 0.3) is 0 Å². The lowest BCUT2D eigenvalue weighted by atomic mass is 10.3. The molecule has 0 N–H and O–H groups in total. The van der Waals surface area contributed by atoms with Gasteiger partial charge < -0.3 is 0 Å². The van der Waals surface area contributed by atoms with Gasteiger partial charge in [-0.1, -0.05) is 0 Å². The van der Waals surface area contributed by atoms with E-state index in [2.05, 4.69) is 0 Å². The third kappa shape index (κ3) is 7.31. The van der Waals surface area contributed by atoms with E-state index in [0.717, 1.165) is 12.8 Å². The molecule has 2 atom stereocenters. The molecule has 17 heavy (non-hydrogen) atoms. The van der Waals surface area contributed by atoms with E-state index in [1.807, 2.05) is 0 Å².